The van der Waals surface area contributed by atoms with Gasteiger partial charge in [-0.15, -0.1) is 0 Å². The topological polar surface area (TPSA) is 55.4 Å². The minimum Gasteiger partial charge on any atom is -0.460 e. The van der Waals surface area contributed by atoms with Gasteiger partial charge in [0.1, 0.15) is 6.61 Å². The number of cyclic esters (lactones) is 1. The predicted molar refractivity (Wildman–Crippen MR) is 62.2 cm³/mol. The average molecular weight is 231 g/mol. The Bertz CT molecular complexity index is 439. The molecule has 0 saturated heterocycles. The standard InChI is InChI=1S/C13H13NO3/c15-12-6-7-13(16)17-9-11(14-12)8-10-4-2-1-3-5-10/h1-7,11H,8-9H2,(H,14,15)/b7-6-/t11-/m0/s1. The normalized spacial score (nSPS) is 22.0. The van der Waals surface area contributed by atoms with E-state index in [0.717, 1.165) is 11.6 Å². The van der Waals surface area contributed by atoms with Crippen molar-refractivity contribution in [2.24, 2.45) is 0 Å². The molecule has 1 aromatic rings. The van der Waals surface area contributed by atoms with Crippen molar-refractivity contribution in [3.8, 4) is 0 Å². The molecule has 1 amide bonds. The molecule has 0 unspecified atom stereocenters. The first-order chi connectivity index (χ1) is 8.24. The molecular weight excluding hydrogens is 218 g/mol. The molecule has 17 heavy (non-hydrogen) atoms. The number of rotatable bonds is 2. The van der Waals surface area contributed by atoms with Gasteiger partial charge in [0.15, 0.2) is 0 Å². The Kier molecular flexibility index (Phi) is 3.55. The molecule has 0 aromatic heterocycles. The number of hydrogen-bond acceptors (Lipinski definition) is 3. The number of carbonyl (C=O) groups is 2. The Labute approximate surface area is 99.3 Å². The first kappa shape index (κ1) is 11.4. The van der Waals surface area contributed by atoms with E-state index in [-0.39, 0.29) is 18.6 Å². The van der Waals surface area contributed by atoms with Crippen LogP contribution in [0.2, 0.25) is 0 Å². The minimum absolute atomic E-state index is 0.182. The van der Waals surface area contributed by atoms with E-state index in [1.165, 1.54) is 6.08 Å². The maximum absolute atomic E-state index is 11.4. The van der Waals surface area contributed by atoms with Gasteiger partial charge in [0.2, 0.25) is 5.91 Å². The number of benzene rings is 1. The Hall–Kier alpha value is -2.10. The summed E-state index contributed by atoms with van der Waals surface area (Å²) in [5.74, 6) is -0.736. The fourth-order valence-electron chi connectivity index (χ4n) is 1.67. The monoisotopic (exact) mass is 231 g/mol. The van der Waals surface area contributed by atoms with Gasteiger partial charge in [0.05, 0.1) is 6.04 Å². The number of hydrogen-bond donors (Lipinski definition) is 1. The van der Waals surface area contributed by atoms with Crippen molar-refractivity contribution in [1.82, 2.24) is 5.32 Å². The molecule has 4 nitrogen and oxygen atoms in total. The van der Waals surface area contributed by atoms with Gasteiger partial charge in [-0.2, -0.15) is 0 Å². The van der Waals surface area contributed by atoms with E-state index in [1.54, 1.807) is 0 Å². The molecule has 0 aliphatic carbocycles. The first-order valence-electron chi connectivity index (χ1n) is 5.43. The van der Waals surface area contributed by atoms with Crippen molar-refractivity contribution in [2.45, 2.75) is 12.5 Å². The third-order valence-corrected chi connectivity index (χ3v) is 2.47. The fraction of sp³-hybridized carbons (Fsp3) is 0.231. The van der Waals surface area contributed by atoms with Gasteiger partial charge in [0, 0.05) is 12.2 Å². The van der Waals surface area contributed by atoms with Crippen molar-refractivity contribution in [1.29, 1.82) is 0 Å². The molecule has 0 saturated carbocycles. The quantitative estimate of drug-likeness (QED) is 0.767. The van der Waals surface area contributed by atoms with Crippen LogP contribution in [0, 0.1) is 0 Å². The lowest BCUT2D eigenvalue weighted by Gasteiger charge is -2.19. The lowest BCUT2D eigenvalue weighted by molar-refractivity contribution is -0.139. The second-order valence-electron chi connectivity index (χ2n) is 3.86. The molecule has 88 valence electrons. The van der Waals surface area contributed by atoms with Crippen LogP contribution in [-0.2, 0) is 20.7 Å². The number of esters is 1. The molecule has 1 aliphatic heterocycles. The largest absolute Gasteiger partial charge is 0.460 e. The van der Waals surface area contributed by atoms with E-state index in [1.807, 2.05) is 30.3 Å². The van der Waals surface area contributed by atoms with Gasteiger partial charge in [-0.3, -0.25) is 4.79 Å². The molecule has 1 aliphatic rings. The van der Waals surface area contributed by atoms with E-state index in [4.69, 9.17) is 4.74 Å². The van der Waals surface area contributed by atoms with Crippen LogP contribution in [-0.4, -0.2) is 24.5 Å². The zero-order chi connectivity index (χ0) is 12.1. The van der Waals surface area contributed by atoms with E-state index >= 15 is 0 Å². The predicted octanol–water partition coefficient (Wildman–Crippen LogP) is 0.827. The molecule has 0 fully saturated rings. The zero-order valence-corrected chi connectivity index (χ0v) is 9.26. The van der Waals surface area contributed by atoms with Crippen molar-refractivity contribution in [3.05, 3.63) is 48.0 Å². The fourth-order valence-corrected chi connectivity index (χ4v) is 1.67. The molecule has 1 atom stereocenters. The SMILES string of the molecule is O=C1/C=C\C(=O)OC[C@H](Cc2ccccc2)N1. The lowest BCUT2D eigenvalue weighted by Crippen LogP contribution is -2.40. The number of carbonyl (C=O) groups excluding carboxylic acids is 2. The van der Waals surface area contributed by atoms with Gasteiger partial charge in [0.25, 0.3) is 0 Å². The van der Waals surface area contributed by atoms with Crippen LogP contribution >= 0.6 is 0 Å². The van der Waals surface area contributed by atoms with Gasteiger partial charge >= 0.3 is 5.97 Å². The smallest absolute Gasteiger partial charge is 0.331 e. The van der Waals surface area contributed by atoms with Crippen LogP contribution in [0.1, 0.15) is 5.56 Å². The molecule has 4 heteroatoms. The molecular formula is C13H13NO3. The van der Waals surface area contributed by atoms with Crippen LogP contribution in [0.3, 0.4) is 0 Å². The first-order valence-corrected chi connectivity index (χ1v) is 5.43. The summed E-state index contributed by atoms with van der Waals surface area (Å²) in [6.07, 6.45) is 2.97. The average Bonchev–Trinajstić information content (AvgIpc) is 2.33. The highest BCUT2D eigenvalue weighted by Crippen LogP contribution is 2.05. The minimum atomic E-state index is -0.474. The highest BCUT2D eigenvalue weighted by atomic mass is 16.5. The van der Waals surface area contributed by atoms with E-state index in [9.17, 15) is 9.59 Å². The zero-order valence-electron chi connectivity index (χ0n) is 9.26. The third kappa shape index (κ3) is 3.45. The van der Waals surface area contributed by atoms with Gasteiger partial charge in [-0.25, -0.2) is 4.79 Å². The van der Waals surface area contributed by atoms with E-state index in [0.29, 0.717) is 6.42 Å². The van der Waals surface area contributed by atoms with Crippen LogP contribution in [0.25, 0.3) is 0 Å². The van der Waals surface area contributed by atoms with Gasteiger partial charge < -0.3 is 10.1 Å². The van der Waals surface area contributed by atoms with E-state index in [2.05, 4.69) is 5.32 Å². The summed E-state index contributed by atoms with van der Waals surface area (Å²) >= 11 is 0. The van der Waals surface area contributed by atoms with Gasteiger partial charge in [-0.05, 0) is 12.0 Å². The summed E-state index contributed by atoms with van der Waals surface area (Å²) in [4.78, 5) is 22.5. The van der Waals surface area contributed by atoms with Crippen LogP contribution < -0.4 is 5.32 Å². The Morgan fingerprint density at radius 2 is 1.94 bits per heavy atom. The summed E-state index contributed by atoms with van der Waals surface area (Å²) in [5, 5.41) is 2.78. The number of amides is 1. The second-order valence-corrected chi connectivity index (χ2v) is 3.86. The summed E-state index contributed by atoms with van der Waals surface area (Å²) < 4.78 is 4.98. The molecule has 0 bridgehead atoms. The van der Waals surface area contributed by atoms with E-state index < -0.39 is 5.97 Å². The lowest BCUT2D eigenvalue weighted by atomic mass is 10.1. The Balaban J connectivity index is 2.03. The van der Waals surface area contributed by atoms with Crippen LogP contribution in [0.5, 0.6) is 0 Å². The summed E-state index contributed by atoms with van der Waals surface area (Å²) in [7, 11) is 0. The molecule has 1 N–H and O–H groups in total. The maximum Gasteiger partial charge on any atom is 0.331 e. The maximum atomic E-state index is 11.4. The molecule has 2 rings (SSSR count). The van der Waals surface area contributed by atoms with Crippen molar-refractivity contribution in [2.75, 3.05) is 6.61 Å². The van der Waals surface area contributed by atoms with Crippen molar-refractivity contribution < 1.29 is 14.3 Å². The summed E-state index contributed by atoms with van der Waals surface area (Å²) in [6.45, 7) is 0.198. The Morgan fingerprint density at radius 1 is 1.18 bits per heavy atom. The summed E-state index contributed by atoms with van der Waals surface area (Å²) in [5.41, 5.74) is 1.10. The van der Waals surface area contributed by atoms with Crippen LogP contribution in [0.4, 0.5) is 0 Å². The molecule has 1 heterocycles. The third-order valence-electron chi connectivity index (χ3n) is 2.47. The molecule has 0 radical (unpaired) electrons. The van der Waals surface area contributed by atoms with Crippen molar-refractivity contribution in [3.63, 3.8) is 0 Å². The number of nitrogens with one attached hydrogen (secondary N) is 1. The van der Waals surface area contributed by atoms with Crippen molar-refractivity contribution >= 4 is 11.9 Å². The summed E-state index contributed by atoms with van der Waals surface area (Å²) in [6, 6.07) is 9.57. The number of ether oxygens (including phenoxy) is 1. The second kappa shape index (κ2) is 5.30. The Morgan fingerprint density at radius 3 is 2.71 bits per heavy atom. The van der Waals surface area contributed by atoms with Gasteiger partial charge in [-0.1, -0.05) is 30.3 Å². The van der Waals surface area contributed by atoms with Crippen LogP contribution in [0.15, 0.2) is 42.5 Å². The molecule has 1 aromatic carbocycles. The highest BCUT2D eigenvalue weighted by Gasteiger charge is 2.16. The molecule has 0 spiro atoms. The highest BCUT2D eigenvalue weighted by molar-refractivity contribution is 5.95.